The Kier molecular flexibility index (Phi) is 8.05. The summed E-state index contributed by atoms with van der Waals surface area (Å²) in [6, 6.07) is 0. The molecule has 0 amide bonds. The van der Waals surface area contributed by atoms with Gasteiger partial charge in [-0.1, -0.05) is 59.6 Å². The van der Waals surface area contributed by atoms with Gasteiger partial charge in [-0.05, 0) is 13.8 Å². The van der Waals surface area contributed by atoms with Crippen molar-refractivity contribution < 1.29 is 19.1 Å². The van der Waals surface area contributed by atoms with Crippen LogP contribution in [0.4, 0.5) is 0 Å². The lowest BCUT2D eigenvalue weighted by Gasteiger charge is -2.14. The second-order valence-electron chi connectivity index (χ2n) is 6.36. The van der Waals surface area contributed by atoms with Gasteiger partial charge in [-0.2, -0.15) is 0 Å². The minimum absolute atomic E-state index is 0.00917. The highest BCUT2D eigenvalue weighted by atomic mass is 35.5. The first kappa shape index (κ1) is 24.3. The molecule has 0 aliphatic heterocycles. The van der Waals surface area contributed by atoms with Gasteiger partial charge in [0.15, 0.2) is 0 Å². The van der Waals surface area contributed by atoms with Crippen molar-refractivity contribution in [3.63, 3.8) is 0 Å². The zero-order chi connectivity index (χ0) is 22.7. The first-order chi connectivity index (χ1) is 14.0. The van der Waals surface area contributed by atoms with E-state index in [1.807, 2.05) is 0 Å². The number of rotatable bonds is 8. The number of halogens is 4. The molecular formula is C19H18Cl4N2O5. The van der Waals surface area contributed by atoms with Gasteiger partial charge >= 0.3 is 17.6 Å². The number of hydrogen-bond donors (Lipinski definition) is 0. The molecule has 0 radical (unpaired) electrons. The maximum Gasteiger partial charge on any atom is 0.330 e. The van der Waals surface area contributed by atoms with E-state index in [0.29, 0.717) is 0 Å². The summed E-state index contributed by atoms with van der Waals surface area (Å²) in [7, 11) is 0. The Balaban J connectivity index is 2.66. The van der Waals surface area contributed by atoms with Crippen LogP contribution >= 0.6 is 46.4 Å². The van der Waals surface area contributed by atoms with Gasteiger partial charge in [0.05, 0.1) is 44.2 Å². The predicted octanol–water partition coefficient (Wildman–Crippen LogP) is 4.65. The van der Waals surface area contributed by atoms with Crippen molar-refractivity contribution in [1.82, 2.24) is 9.13 Å². The minimum atomic E-state index is -0.701. The van der Waals surface area contributed by atoms with Crippen molar-refractivity contribution in [2.24, 2.45) is 0 Å². The Bertz CT molecular complexity index is 1010. The number of esters is 2. The first-order valence-electron chi connectivity index (χ1n) is 8.64. The molecule has 0 spiro atoms. The van der Waals surface area contributed by atoms with Crippen molar-refractivity contribution in [1.29, 1.82) is 0 Å². The summed E-state index contributed by atoms with van der Waals surface area (Å²) >= 11 is 25.1. The lowest BCUT2D eigenvalue weighted by atomic mass is 10.2. The number of imidazole rings is 1. The van der Waals surface area contributed by atoms with Crippen LogP contribution in [-0.4, -0.2) is 33.3 Å². The average molecular weight is 496 g/mol. The van der Waals surface area contributed by atoms with E-state index >= 15 is 0 Å². The number of carbonyl (C=O) groups excluding carboxylic acids is 2. The van der Waals surface area contributed by atoms with Gasteiger partial charge in [-0.3, -0.25) is 9.13 Å². The molecule has 2 unspecified atom stereocenters. The highest BCUT2D eigenvalue weighted by Gasteiger charge is 2.26. The Morgan fingerprint density at radius 1 is 0.833 bits per heavy atom. The number of fused-ring (bicyclic) bond motifs is 1. The number of nitrogens with zero attached hydrogens (tertiary/aromatic N) is 2. The van der Waals surface area contributed by atoms with E-state index < -0.39 is 29.8 Å². The molecule has 162 valence electrons. The normalized spacial score (nSPS) is 13.0. The highest BCUT2D eigenvalue weighted by molar-refractivity contribution is 6.55. The molecule has 0 N–H and O–H groups in total. The summed E-state index contributed by atoms with van der Waals surface area (Å²) in [5.41, 5.74) is -0.107. The molecule has 11 heteroatoms. The number of ether oxygens (including phenoxy) is 2. The maximum absolute atomic E-state index is 13.2. The zero-order valence-corrected chi connectivity index (χ0v) is 19.1. The van der Waals surface area contributed by atoms with Crippen LogP contribution in [0.1, 0.15) is 13.8 Å². The summed E-state index contributed by atoms with van der Waals surface area (Å²) in [6.07, 6.45) is 0.622. The monoisotopic (exact) mass is 494 g/mol. The topological polar surface area (TPSA) is 79.5 Å². The van der Waals surface area contributed by atoms with Crippen LogP contribution in [0.2, 0.25) is 20.1 Å². The summed E-state index contributed by atoms with van der Waals surface area (Å²) < 4.78 is 12.8. The van der Waals surface area contributed by atoms with Gasteiger partial charge in [0.2, 0.25) is 0 Å². The molecule has 1 aromatic carbocycles. The summed E-state index contributed by atoms with van der Waals surface area (Å²) in [5.74, 6) is -1.29. The Morgan fingerprint density at radius 3 is 1.47 bits per heavy atom. The van der Waals surface area contributed by atoms with Crippen LogP contribution < -0.4 is 5.69 Å². The fraction of sp³-hybridized carbons (Fsp3) is 0.316. The fourth-order valence-electron chi connectivity index (χ4n) is 2.86. The number of benzene rings is 1. The van der Waals surface area contributed by atoms with Gasteiger partial charge in [0.25, 0.3) is 0 Å². The molecule has 0 saturated carbocycles. The van der Waals surface area contributed by atoms with Crippen molar-refractivity contribution >= 4 is 69.4 Å². The molecule has 2 rings (SSSR count). The summed E-state index contributed by atoms with van der Waals surface area (Å²) in [4.78, 5) is 36.2. The van der Waals surface area contributed by atoms with Gasteiger partial charge in [-0.15, -0.1) is 0 Å². The quantitative estimate of drug-likeness (QED) is 0.230. The Hall–Kier alpha value is -1.93. The molecule has 0 bridgehead atoms. The van der Waals surface area contributed by atoms with Crippen molar-refractivity contribution in [3.8, 4) is 0 Å². The molecule has 1 heterocycles. The van der Waals surface area contributed by atoms with Crippen LogP contribution in [0, 0.1) is 0 Å². The summed E-state index contributed by atoms with van der Waals surface area (Å²) in [5, 5.41) is -0.0305. The molecule has 2 aromatic rings. The highest BCUT2D eigenvalue weighted by Crippen LogP contribution is 2.42. The fourth-order valence-corrected chi connectivity index (χ4v) is 3.90. The molecule has 0 fully saturated rings. The Labute approximate surface area is 192 Å². The first-order valence-corrected chi connectivity index (χ1v) is 10.2. The minimum Gasteiger partial charge on any atom is -0.458 e. The summed E-state index contributed by atoms with van der Waals surface area (Å²) in [6.45, 7) is 9.77. The maximum atomic E-state index is 13.2. The lowest BCUT2D eigenvalue weighted by molar-refractivity contribution is -0.143. The lowest BCUT2D eigenvalue weighted by Crippen LogP contribution is -2.32. The standard InChI is InChI=1S/C19H18Cl4N2O5/c1-5-11(26)29-9(3)7-24-17-15(22)13(20)14(21)16(23)18(17)25(19(24)28)8-10(4)30-12(27)6-2/h5-6,9-10H,1-2,7-8H2,3-4H3. The third-order valence-electron chi connectivity index (χ3n) is 4.07. The smallest absolute Gasteiger partial charge is 0.330 e. The molecule has 0 aliphatic carbocycles. The third-order valence-corrected chi connectivity index (χ3v) is 5.85. The third kappa shape index (κ3) is 4.86. The van der Waals surface area contributed by atoms with Crippen LogP contribution in [0.25, 0.3) is 11.0 Å². The van der Waals surface area contributed by atoms with E-state index in [0.717, 1.165) is 12.2 Å². The second kappa shape index (κ2) is 9.92. The molecule has 0 saturated heterocycles. The van der Waals surface area contributed by atoms with Crippen LogP contribution in [0.5, 0.6) is 0 Å². The van der Waals surface area contributed by atoms with Gasteiger partial charge in [0, 0.05) is 12.2 Å². The molecule has 1 aromatic heterocycles. The molecule has 2 atom stereocenters. The van der Waals surface area contributed by atoms with Gasteiger partial charge in [-0.25, -0.2) is 14.4 Å². The SMILES string of the molecule is C=CC(=O)OC(C)Cn1c(=O)n(CC(C)OC(=O)C=C)c2c(Cl)c(Cl)c(Cl)c(Cl)c21. The van der Waals surface area contributed by atoms with E-state index in [1.54, 1.807) is 13.8 Å². The van der Waals surface area contributed by atoms with Crippen molar-refractivity contribution in [2.45, 2.75) is 39.1 Å². The molecule has 7 nitrogen and oxygen atoms in total. The van der Waals surface area contributed by atoms with Crippen molar-refractivity contribution in [2.75, 3.05) is 0 Å². The van der Waals surface area contributed by atoms with E-state index in [9.17, 15) is 14.4 Å². The average Bonchev–Trinajstić information content (AvgIpc) is 2.96. The predicted molar refractivity (Wildman–Crippen MR) is 118 cm³/mol. The number of hydrogen-bond acceptors (Lipinski definition) is 5. The van der Waals surface area contributed by atoms with E-state index in [1.165, 1.54) is 9.13 Å². The van der Waals surface area contributed by atoms with Crippen LogP contribution in [-0.2, 0) is 32.2 Å². The molecule has 30 heavy (non-hydrogen) atoms. The Morgan fingerprint density at radius 2 is 1.17 bits per heavy atom. The van der Waals surface area contributed by atoms with Gasteiger partial charge < -0.3 is 9.47 Å². The molecule has 0 aliphatic rings. The van der Waals surface area contributed by atoms with Crippen molar-refractivity contribution in [3.05, 3.63) is 55.9 Å². The molecular weight excluding hydrogens is 478 g/mol. The second-order valence-corrected chi connectivity index (χ2v) is 7.87. The van der Waals surface area contributed by atoms with E-state index in [-0.39, 0.29) is 44.2 Å². The largest absolute Gasteiger partial charge is 0.458 e. The van der Waals surface area contributed by atoms with Crippen LogP contribution in [0.3, 0.4) is 0 Å². The zero-order valence-electron chi connectivity index (χ0n) is 16.1. The van der Waals surface area contributed by atoms with E-state index in [4.69, 9.17) is 55.9 Å². The van der Waals surface area contributed by atoms with Gasteiger partial charge in [0.1, 0.15) is 12.2 Å². The van der Waals surface area contributed by atoms with Crippen LogP contribution in [0.15, 0.2) is 30.1 Å². The number of aromatic nitrogens is 2. The number of carbonyl (C=O) groups is 2. The van der Waals surface area contributed by atoms with E-state index in [2.05, 4.69) is 13.2 Å².